The third kappa shape index (κ3) is 11.9. The number of aromatic carboxylic acids is 1. The molecular formula is C32H37N5O9. The minimum atomic E-state index is -1.29. The van der Waals surface area contributed by atoms with Crippen LogP contribution in [0, 0.1) is 5.41 Å². The van der Waals surface area contributed by atoms with Crippen LogP contribution < -0.4 is 22.1 Å². The molecule has 0 aliphatic carbocycles. The topological polar surface area (TPSA) is 273 Å². The van der Waals surface area contributed by atoms with E-state index in [1.54, 1.807) is 0 Å². The molecule has 0 aliphatic rings. The standard InChI is InChI=1S/C19H17NO2.C7H6O5.C6H14N4O2/c21-19(22)18(13-14-7-2-1-3-8-14)20-17-12-6-10-15-9-4-5-11-16(15)17;8-4-1-3(7(11)12)2-5(9)6(4)10;7-4(5(11)12)2-1-3-10-6(8)9/h1-12,18,20H,13H2,(H,21,22);1-2,8-10H,(H,11,12);4H,1-3,7H2,(H,11,12)(H4,8,9,10). The monoisotopic (exact) mass is 635 g/mol. The number of nitrogens with two attached hydrogens (primary N) is 2. The van der Waals surface area contributed by atoms with Gasteiger partial charge in [0.1, 0.15) is 12.1 Å². The Morgan fingerprint density at radius 3 is 1.96 bits per heavy atom. The average molecular weight is 636 g/mol. The van der Waals surface area contributed by atoms with Gasteiger partial charge in [0.15, 0.2) is 23.2 Å². The van der Waals surface area contributed by atoms with E-state index in [4.69, 9.17) is 42.4 Å². The first-order chi connectivity index (χ1) is 21.8. The number of aromatic hydroxyl groups is 3. The number of aliphatic carboxylic acids is 2. The minimum absolute atomic E-state index is 0.112. The van der Waals surface area contributed by atoms with Gasteiger partial charge in [0.25, 0.3) is 0 Å². The van der Waals surface area contributed by atoms with Crippen LogP contribution in [0.25, 0.3) is 10.8 Å². The van der Waals surface area contributed by atoms with Crippen LogP contribution in [-0.4, -0.2) is 73.1 Å². The van der Waals surface area contributed by atoms with Crippen molar-refractivity contribution in [2.24, 2.45) is 11.5 Å². The summed E-state index contributed by atoms with van der Waals surface area (Å²) < 4.78 is 0. The Labute approximate surface area is 264 Å². The van der Waals surface area contributed by atoms with Crippen LogP contribution in [-0.2, 0) is 16.0 Å². The van der Waals surface area contributed by atoms with Gasteiger partial charge in [-0.1, -0.05) is 66.7 Å². The van der Waals surface area contributed by atoms with Crippen LogP contribution >= 0.6 is 0 Å². The number of guanidine groups is 1. The normalized spacial score (nSPS) is 11.4. The molecule has 13 N–H and O–H groups in total. The molecule has 14 nitrogen and oxygen atoms in total. The summed E-state index contributed by atoms with van der Waals surface area (Å²) in [5.41, 5.74) is 11.8. The Hall–Kier alpha value is -6.02. The van der Waals surface area contributed by atoms with Gasteiger partial charge in [0.2, 0.25) is 0 Å². The molecule has 244 valence electrons. The lowest BCUT2D eigenvalue weighted by molar-refractivity contribution is -0.139. The Kier molecular flexibility index (Phi) is 14.1. The smallest absolute Gasteiger partial charge is 0.335 e. The first-order valence-corrected chi connectivity index (χ1v) is 13.9. The highest BCUT2D eigenvalue weighted by molar-refractivity contribution is 5.95. The number of carbonyl (C=O) groups is 3. The number of anilines is 1. The van der Waals surface area contributed by atoms with Crippen molar-refractivity contribution >= 4 is 40.3 Å². The third-order valence-electron chi connectivity index (χ3n) is 6.34. The van der Waals surface area contributed by atoms with Crippen molar-refractivity contribution in [1.29, 1.82) is 5.41 Å². The zero-order chi connectivity index (χ0) is 34.2. The van der Waals surface area contributed by atoms with Crippen molar-refractivity contribution < 1.29 is 45.0 Å². The molecule has 14 heteroatoms. The van der Waals surface area contributed by atoms with E-state index in [-0.39, 0.29) is 11.5 Å². The van der Waals surface area contributed by atoms with Gasteiger partial charge in [0, 0.05) is 24.0 Å². The summed E-state index contributed by atoms with van der Waals surface area (Å²) in [4.78, 5) is 32.1. The maximum atomic E-state index is 11.6. The summed E-state index contributed by atoms with van der Waals surface area (Å²) >= 11 is 0. The fourth-order valence-electron chi connectivity index (χ4n) is 3.99. The van der Waals surface area contributed by atoms with Crippen LogP contribution in [0.15, 0.2) is 84.9 Å². The zero-order valence-electron chi connectivity index (χ0n) is 24.6. The van der Waals surface area contributed by atoms with Gasteiger partial charge in [0.05, 0.1) is 5.56 Å². The summed E-state index contributed by atoms with van der Waals surface area (Å²) in [5.74, 6) is -5.30. The average Bonchev–Trinajstić information content (AvgIpc) is 3.02. The predicted octanol–water partition coefficient (Wildman–Crippen LogP) is 3.11. The zero-order valence-corrected chi connectivity index (χ0v) is 24.6. The molecule has 0 aromatic heterocycles. The molecule has 46 heavy (non-hydrogen) atoms. The minimum Gasteiger partial charge on any atom is -0.504 e. The Balaban J connectivity index is 0.000000263. The molecule has 0 fully saturated rings. The molecule has 4 aromatic carbocycles. The van der Waals surface area contributed by atoms with E-state index < -0.39 is 47.2 Å². The third-order valence-corrected chi connectivity index (χ3v) is 6.34. The van der Waals surface area contributed by atoms with Crippen molar-refractivity contribution in [1.82, 2.24) is 5.32 Å². The molecule has 0 aliphatic heterocycles. The number of phenols is 3. The molecule has 0 heterocycles. The summed E-state index contributed by atoms with van der Waals surface area (Å²) in [5, 5.41) is 67.5. The van der Waals surface area contributed by atoms with E-state index in [1.807, 2.05) is 72.8 Å². The molecule has 2 unspecified atom stereocenters. The predicted molar refractivity (Wildman–Crippen MR) is 172 cm³/mol. The van der Waals surface area contributed by atoms with E-state index in [9.17, 15) is 19.5 Å². The number of hydrogen-bond donors (Lipinski definition) is 11. The first kappa shape index (κ1) is 36.2. The summed E-state index contributed by atoms with van der Waals surface area (Å²) in [7, 11) is 0. The van der Waals surface area contributed by atoms with Crippen LogP contribution in [0.2, 0.25) is 0 Å². The Bertz CT molecular complexity index is 1600. The summed E-state index contributed by atoms with van der Waals surface area (Å²) in [6.07, 6.45) is 1.42. The summed E-state index contributed by atoms with van der Waals surface area (Å²) in [6.45, 7) is 0.482. The van der Waals surface area contributed by atoms with E-state index in [0.29, 0.717) is 25.8 Å². The highest BCUT2D eigenvalue weighted by Gasteiger charge is 2.18. The Morgan fingerprint density at radius 1 is 0.804 bits per heavy atom. The second-order valence-electron chi connectivity index (χ2n) is 9.85. The van der Waals surface area contributed by atoms with Crippen LogP contribution in [0.4, 0.5) is 5.69 Å². The molecule has 0 saturated carbocycles. The fourth-order valence-corrected chi connectivity index (χ4v) is 3.99. The number of carboxylic acids is 3. The van der Waals surface area contributed by atoms with Gasteiger partial charge in [-0.2, -0.15) is 0 Å². The molecule has 0 spiro atoms. The van der Waals surface area contributed by atoms with Crippen molar-refractivity contribution in [3.8, 4) is 17.2 Å². The van der Waals surface area contributed by atoms with Crippen LogP contribution in [0.3, 0.4) is 0 Å². The van der Waals surface area contributed by atoms with Crippen LogP contribution in [0.5, 0.6) is 17.2 Å². The first-order valence-electron chi connectivity index (χ1n) is 13.9. The highest BCUT2D eigenvalue weighted by atomic mass is 16.4. The van der Waals surface area contributed by atoms with E-state index in [2.05, 4.69) is 10.6 Å². The Morgan fingerprint density at radius 2 is 1.39 bits per heavy atom. The molecule has 0 bridgehead atoms. The van der Waals surface area contributed by atoms with Gasteiger partial charge in [-0.25, -0.2) is 9.59 Å². The van der Waals surface area contributed by atoms with Crippen molar-refractivity contribution in [2.75, 3.05) is 11.9 Å². The molecule has 4 rings (SSSR count). The van der Waals surface area contributed by atoms with Crippen molar-refractivity contribution in [2.45, 2.75) is 31.3 Å². The van der Waals surface area contributed by atoms with Gasteiger partial charge in [-0.3, -0.25) is 10.2 Å². The number of benzene rings is 4. The van der Waals surface area contributed by atoms with Gasteiger partial charge in [-0.15, -0.1) is 0 Å². The second-order valence-corrected chi connectivity index (χ2v) is 9.85. The molecule has 4 aromatic rings. The number of hydrogen-bond acceptors (Lipinski definition) is 9. The van der Waals surface area contributed by atoms with Gasteiger partial charge < -0.3 is 52.7 Å². The molecule has 0 saturated heterocycles. The van der Waals surface area contributed by atoms with E-state index in [0.717, 1.165) is 34.2 Å². The number of fused-ring (bicyclic) bond motifs is 1. The lowest BCUT2D eigenvalue weighted by Gasteiger charge is -2.17. The van der Waals surface area contributed by atoms with E-state index >= 15 is 0 Å². The lowest BCUT2D eigenvalue weighted by Crippen LogP contribution is -2.34. The molecule has 0 radical (unpaired) electrons. The SMILES string of the molecule is N=C(N)NCCCC(N)C(=O)O.O=C(O)C(Cc1ccccc1)Nc1cccc2ccccc12.O=C(O)c1cc(O)c(O)c(O)c1. The fraction of sp³-hybridized carbons (Fsp3) is 0.188. The number of phenolic OH excluding ortho intramolecular Hbond substituents is 3. The lowest BCUT2D eigenvalue weighted by atomic mass is 10.0. The molecule has 0 amide bonds. The van der Waals surface area contributed by atoms with Crippen LogP contribution in [0.1, 0.15) is 28.8 Å². The van der Waals surface area contributed by atoms with Gasteiger partial charge in [-0.05, 0) is 42.0 Å². The largest absolute Gasteiger partial charge is 0.504 e. The molecular weight excluding hydrogens is 598 g/mol. The van der Waals surface area contributed by atoms with Crippen molar-refractivity contribution in [3.63, 3.8) is 0 Å². The van der Waals surface area contributed by atoms with E-state index in [1.165, 1.54) is 0 Å². The molecule has 2 atom stereocenters. The maximum Gasteiger partial charge on any atom is 0.335 e. The summed E-state index contributed by atoms with van der Waals surface area (Å²) in [6, 6.07) is 23.7. The van der Waals surface area contributed by atoms with Crippen molar-refractivity contribution in [3.05, 3.63) is 96.1 Å². The number of rotatable bonds is 11. The quantitative estimate of drug-likeness (QED) is 0.0490. The van der Waals surface area contributed by atoms with Gasteiger partial charge >= 0.3 is 17.9 Å². The number of carboxylic acid groups (broad SMARTS) is 3. The highest BCUT2D eigenvalue weighted by Crippen LogP contribution is 2.35. The number of nitrogens with one attached hydrogen (secondary N) is 3. The maximum absolute atomic E-state index is 11.6. The second kappa shape index (κ2) is 17.9.